The Hall–Kier alpha value is -6.04. The van der Waals surface area contributed by atoms with Crippen LogP contribution >= 0.6 is 12.4 Å². The van der Waals surface area contributed by atoms with E-state index in [4.69, 9.17) is 34.6 Å². The van der Waals surface area contributed by atoms with Gasteiger partial charge in [-0.1, -0.05) is 12.1 Å². The average molecular weight is 963 g/mol. The van der Waals surface area contributed by atoms with E-state index in [1.54, 1.807) is 14.3 Å². The van der Waals surface area contributed by atoms with Crippen molar-refractivity contribution in [1.82, 2.24) is 34.4 Å². The van der Waals surface area contributed by atoms with E-state index in [0.29, 0.717) is 39.0 Å². The molecule has 4 aromatic heterocycles. The molecule has 10 rings (SSSR count). The average Bonchev–Trinajstić information content (AvgIpc) is 4.01. The highest BCUT2D eigenvalue weighted by molar-refractivity contribution is 5.91. The van der Waals surface area contributed by atoms with Crippen molar-refractivity contribution in [3.63, 3.8) is 0 Å². The molecule has 6 aromatic rings. The number of nitrogen functional groups attached to an aromatic ring is 1. The largest absolute Gasteiger partial charge is 0.399 e. The van der Waals surface area contributed by atoms with Gasteiger partial charge in [-0.3, -0.25) is 9.36 Å². The van der Waals surface area contributed by atoms with Crippen LogP contribution in [0.5, 0.6) is 0 Å². The molecular weight excluding hydrogens is 894 g/mol. The highest BCUT2D eigenvalue weighted by Crippen LogP contribution is 2.34. The lowest BCUT2D eigenvalue weighted by Gasteiger charge is -2.31. The zero-order chi connectivity index (χ0) is 47.6. The molecule has 16 nitrogen and oxygen atoms in total. The molecule has 3 N–H and O–H groups in total. The lowest BCUT2D eigenvalue weighted by molar-refractivity contribution is -0.00138. The topological polar surface area (TPSA) is 163 Å². The first kappa shape index (κ1) is 50.8. The van der Waals surface area contributed by atoms with Crippen molar-refractivity contribution < 1.29 is 23.7 Å². The fraction of sp³-hybridized carbons (Fsp3) is 0.442. The molecule has 0 unspecified atom stereocenters. The smallest absolute Gasteiger partial charge is 0.322 e. The number of aromatic nitrogens is 6. The maximum atomic E-state index is 12.9. The second kappa shape index (κ2) is 24.0. The molecule has 69 heavy (non-hydrogen) atoms. The standard InChI is InChI=1S/C26H32N6O3.C20H23N5O.C6H12O.ClH/c1-18-4-5-22(28-26(33)32-8-11-35-19(2)16-32)14-23(18)20-12-24(21-15-27-30(3)17-21)29-25(13-20)31-6-9-34-10-7-31;1-14-3-4-17(21)11-18(14)15-9-19(16-12-22-24(2)13-16)23-20(10-15)25-5-7-26-8-6-25;1-6-4-2-3-5-7-6;/h4-5,12-15,17,19H,6-11,16H2,1-3H3,(H,28,33);3-4,9-13H,5-8,21H2,1-2H3;6H,2-5H2,1H3;1H/t19-;;6-;/m1.1./s1. The van der Waals surface area contributed by atoms with E-state index >= 15 is 0 Å². The van der Waals surface area contributed by atoms with Gasteiger partial charge in [0, 0.05) is 94.9 Å². The number of ether oxygens (including phenoxy) is 4. The Morgan fingerprint density at radius 2 is 1.17 bits per heavy atom. The molecule has 2 aromatic carbocycles. The molecule has 0 bridgehead atoms. The number of pyridine rings is 2. The monoisotopic (exact) mass is 962 g/mol. The second-order valence-corrected chi connectivity index (χ2v) is 18.0. The number of benzene rings is 2. The number of nitrogens with two attached hydrogens (primary N) is 1. The van der Waals surface area contributed by atoms with Crippen LogP contribution in [0.15, 0.2) is 85.5 Å². The van der Waals surface area contributed by atoms with Crippen LogP contribution in [0.3, 0.4) is 0 Å². The maximum absolute atomic E-state index is 12.9. The molecule has 4 fully saturated rings. The summed E-state index contributed by atoms with van der Waals surface area (Å²) in [6.45, 7) is 17.2. The normalized spacial score (nSPS) is 18.3. The Bertz CT molecular complexity index is 2620. The summed E-state index contributed by atoms with van der Waals surface area (Å²) in [7, 11) is 3.82. The summed E-state index contributed by atoms with van der Waals surface area (Å²) in [4.78, 5) is 29.1. The van der Waals surface area contributed by atoms with Crippen LogP contribution in [0.2, 0.25) is 0 Å². The molecule has 2 atom stereocenters. The van der Waals surface area contributed by atoms with Gasteiger partial charge in [0.15, 0.2) is 0 Å². The van der Waals surface area contributed by atoms with Gasteiger partial charge in [-0.15, -0.1) is 12.4 Å². The van der Waals surface area contributed by atoms with Gasteiger partial charge < -0.3 is 44.7 Å². The van der Waals surface area contributed by atoms with Gasteiger partial charge in [-0.2, -0.15) is 10.2 Å². The first-order valence-corrected chi connectivity index (χ1v) is 23.9. The zero-order valence-electron chi connectivity index (χ0n) is 40.9. The molecule has 0 radical (unpaired) electrons. The van der Waals surface area contributed by atoms with Gasteiger partial charge in [0.1, 0.15) is 11.6 Å². The lowest BCUT2D eigenvalue weighted by atomic mass is 9.98. The van der Waals surface area contributed by atoms with E-state index in [1.165, 1.54) is 24.8 Å². The Labute approximate surface area is 412 Å². The van der Waals surface area contributed by atoms with Crippen molar-refractivity contribution in [3.05, 3.63) is 96.6 Å². The van der Waals surface area contributed by atoms with Crippen molar-refractivity contribution in [2.75, 3.05) is 99.8 Å². The SMILES string of the molecule is C[C@@H]1CCCCO1.Cc1ccc(N)cc1-c1cc(-c2cnn(C)c2)nc(N2CCOCC2)c1.Cc1ccc(NC(=O)N2CCO[C@H](C)C2)cc1-c1cc(-c2cnn(C)c2)nc(N2CCOCC2)c1.Cl. The van der Waals surface area contributed by atoms with Crippen LogP contribution in [0.4, 0.5) is 27.8 Å². The lowest BCUT2D eigenvalue weighted by Crippen LogP contribution is -2.46. The molecule has 2 amide bonds. The summed E-state index contributed by atoms with van der Waals surface area (Å²) in [6, 6.07) is 20.4. The number of nitrogens with zero attached hydrogens (tertiary/aromatic N) is 9. The first-order chi connectivity index (χ1) is 32.9. The number of rotatable bonds is 7. The van der Waals surface area contributed by atoms with Crippen molar-refractivity contribution in [3.8, 4) is 44.8 Å². The third kappa shape index (κ3) is 13.6. The van der Waals surface area contributed by atoms with Gasteiger partial charge in [0.25, 0.3) is 0 Å². The Kier molecular flexibility index (Phi) is 17.7. The van der Waals surface area contributed by atoms with Gasteiger partial charge in [0.2, 0.25) is 0 Å². The molecule has 4 aliphatic rings. The molecule has 0 saturated carbocycles. The fourth-order valence-corrected chi connectivity index (χ4v) is 8.72. The number of urea groups is 1. The summed E-state index contributed by atoms with van der Waals surface area (Å²) in [5, 5.41) is 11.7. The van der Waals surface area contributed by atoms with E-state index in [1.807, 2.05) is 76.1 Å². The number of carbonyl (C=O) groups excluding carboxylic acids is 1. The predicted octanol–water partition coefficient (Wildman–Crippen LogP) is 8.42. The van der Waals surface area contributed by atoms with Crippen LogP contribution in [0.25, 0.3) is 44.8 Å². The van der Waals surface area contributed by atoms with E-state index in [0.717, 1.165) is 119 Å². The number of nitrogens with one attached hydrogen (secondary N) is 1. The van der Waals surface area contributed by atoms with Gasteiger partial charge in [-0.05, 0) is 129 Å². The number of carbonyl (C=O) groups is 1. The number of halogens is 1. The Balaban J connectivity index is 0.000000181. The summed E-state index contributed by atoms with van der Waals surface area (Å²) >= 11 is 0. The van der Waals surface area contributed by atoms with Crippen molar-refractivity contribution in [1.29, 1.82) is 0 Å². The van der Waals surface area contributed by atoms with Crippen LogP contribution in [0, 0.1) is 13.8 Å². The van der Waals surface area contributed by atoms with Crippen LogP contribution < -0.4 is 20.9 Å². The molecule has 17 heteroatoms. The third-order valence-electron chi connectivity index (χ3n) is 12.6. The van der Waals surface area contributed by atoms with Crippen LogP contribution in [0.1, 0.15) is 44.2 Å². The summed E-state index contributed by atoms with van der Waals surface area (Å²) in [5.74, 6) is 1.88. The summed E-state index contributed by atoms with van der Waals surface area (Å²) in [6.07, 6.45) is 12.1. The summed E-state index contributed by atoms with van der Waals surface area (Å²) < 4.78 is 25.5. The second-order valence-electron chi connectivity index (χ2n) is 18.0. The van der Waals surface area contributed by atoms with E-state index in [2.05, 4.69) is 76.4 Å². The predicted molar refractivity (Wildman–Crippen MR) is 276 cm³/mol. The van der Waals surface area contributed by atoms with Gasteiger partial charge in [-0.25, -0.2) is 14.8 Å². The van der Waals surface area contributed by atoms with Gasteiger partial charge >= 0.3 is 6.03 Å². The fourth-order valence-electron chi connectivity index (χ4n) is 8.72. The number of amides is 2. The highest BCUT2D eigenvalue weighted by Gasteiger charge is 2.23. The minimum Gasteiger partial charge on any atom is -0.399 e. The number of hydrogen-bond donors (Lipinski definition) is 2. The number of hydrogen-bond acceptors (Lipinski definition) is 12. The molecule has 0 spiro atoms. The quantitative estimate of drug-likeness (QED) is 0.147. The number of aryl methyl sites for hydroxylation is 4. The van der Waals surface area contributed by atoms with Crippen molar-refractivity contribution >= 4 is 41.4 Å². The molecule has 8 heterocycles. The first-order valence-electron chi connectivity index (χ1n) is 23.9. The minimum atomic E-state index is -0.102. The van der Waals surface area contributed by atoms with E-state index in [9.17, 15) is 4.79 Å². The number of anilines is 4. The van der Waals surface area contributed by atoms with E-state index in [-0.39, 0.29) is 24.5 Å². The number of morpholine rings is 3. The molecular formula is C52H68ClN11O5. The van der Waals surface area contributed by atoms with Crippen molar-refractivity contribution in [2.24, 2.45) is 14.1 Å². The highest BCUT2D eigenvalue weighted by atomic mass is 35.5. The maximum Gasteiger partial charge on any atom is 0.322 e. The van der Waals surface area contributed by atoms with E-state index < -0.39 is 0 Å². The Morgan fingerprint density at radius 3 is 1.65 bits per heavy atom. The van der Waals surface area contributed by atoms with Gasteiger partial charge in [0.05, 0.1) is 69.0 Å². The summed E-state index contributed by atoms with van der Waals surface area (Å²) in [5.41, 5.74) is 18.0. The third-order valence-corrected chi connectivity index (χ3v) is 12.6. The van der Waals surface area contributed by atoms with Crippen LogP contribution in [-0.4, -0.2) is 132 Å². The van der Waals surface area contributed by atoms with Crippen LogP contribution in [-0.2, 0) is 33.0 Å². The van der Waals surface area contributed by atoms with Crippen molar-refractivity contribution in [2.45, 2.75) is 59.2 Å². The Morgan fingerprint density at radius 1 is 0.638 bits per heavy atom. The molecule has 4 saturated heterocycles. The molecule has 4 aliphatic heterocycles. The minimum absolute atomic E-state index is 0. The molecule has 0 aliphatic carbocycles. The zero-order valence-corrected chi connectivity index (χ0v) is 41.7. The molecule has 368 valence electrons.